The summed E-state index contributed by atoms with van der Waals surface area (Å²) in [5, 5.41) is 19.1. The van der Waals surface area contributed by atoms with Crippen LogP contribution in [0.2, 0.25) is 0 Å². The van der Waals surface area contributed by atoms with Crippen molar-refractivity contribution >= 4 is 16.7 Å². The molecule has 0 aromatic heterocycles. The standard InChI is InChI=1S/C15H10F6O3/c16-14(17,18)13(24,15(19,20)21)11(12(22)23)10-6-5-8-3-1-2-4-9(8)7-10/h1-7,11,24H,(H,22,23). The Balaban J connectivity index is 2.72. The molecule has 24 heavy (non-hydrogen) atoms. The van der Waals surface area contributed by atoms with Gasteiger partial charge in [0.2, 0.25) is 0 Å². The van der Waals surface area contributed by atoms with Crippen LogP contribution in [0.3, 0.4) is 0 Å². The van der Waals surface area contributed by atoms with E-state index in [1.54, 1.807) is 12.1 Å². The van der Waals surface area contributed by atoms with Gasteiger partial charge in [0.05, 0.1) is 0 Å². The number of rotatable bonds is 3. The van der Waals surface area contributed by atoms with Gasteiger partial charge in [0, 0.05) is 0 Å². The van der Waals surface area contributed by atoms with Crippen LogP contribution in [0.25, 0.3) is 10.8 Å². The molecule has 1 unspecified atom stereocenters. The second kappa shape index (κ2) is 5.66. The van der Waals surface area contributed by atoms with Crippen LogP contribution in [0.15, 0.2) is 42.5 Å². The molecule has 0 aliphatic heterocycles. The molecule has 130 valence electrons. The SMILES string of the molecule is O=C(O)C(c1ccc2ccccc2c1)C(O)(C(F)(F)F)C(F)(F)F. The van der Waals surface area contributed by atoms with Gasteiger partial charge in [-0.1, -0.05) is 42.5 Å². The van der Waals surface area contributed by atoms with Crippen molar-refractivity contribution in [2.24, 2.45) is 0 Å². The van der Waals surface area contributed by atoms with Gasteiger partial charge < -0.3 is 10.2 Å². The Bertz CT molecular complexity index is 752. The van der Waals surface area contributed by atoms with E-state index in [9.17, 15) is 36.2 Å². The maximum Gasteiger partial charge on any atom is 0.427 e. The molecule has 2 N–H and O–H groups in total. The number of benzene rings is 2. The molecule has 0 radical (unpaired) electrons. The van der Waals surface area contributed by atoms with E-state index in [1.165, 1.54) is 18.2 Å². The molecule has 2 aromatic rings. The number of alkyl halides is 6. The van der Waals surface area contributed by atoms with Gasteiger partial charge in [-0.05, 0) is 16.3 Å². The first-order valence-electron chi connectivity index (χ1n) is 6.47. The average Bonchev–Trinajstić information content (AvgIpc) is 2.44. The monoisotopic (exact) mass is 352 g/mol. The van der Waals surface area contributed by atoms with E-state index in [4.69, 9.17) is 5.11 Å². The van der Waals surface area contributed by atoms with Gasteiger partial charge >= 0.3 is 18.3 Å². The molecular weight excluding hydrogens is 342 g/mol. The minimum Gasteiger partial charge on any atom is -0.481 e. The van der Waals surface area contributed by atoms with Crippen LogP contribution in [-0.2, 0) is 4.79 Å². The first-order valence-corrected chi connectivity index (χ1v) is 6.47. The molecule has 0 fully saturated rings. The molecule has 0 heterocycles. The van der Waals surface area contributed by atoms with Crippen molar-refractivity contribution in [2.45, 2.75) is 23.9 Å². The first-order chi connectivity index (χ1) is 10.9. The summed E-state index contributed by atoms with van der Waals surface area (Å²) in [5.74, 6) is -5.70. The molecule has 0 aliphatic rings. The van der Waals surface area contributed by atoms with E-state index < -0.39 is 35.4 Å². The van der Waals surface area contributed by atoms with Gasteiger partial charge in [0.1, 0.15) is 5.92 Å². The van der Waals surface area contributed by atoms with Crippen LogP contribution in [-0.4, -0.2) is 34.1 Å². The highest BCUT2D eigenvalue weighted by Crippen LogP contribution is 2.51. The van der Waals surface area contributed by atoms with Crippen LogP contribution in [0.4, 0.5) is 26.3 Å². The highest BCUT2D eigenvalue weighted by atomic mass is 19.4. The second-order valence-electron chi connectivity index (χ2n) is 5.14. The van der Waals surface area contributed by atoms with Crippen molar-refractivity contribution in [3.8, 4) is 0 Å². The Morgan fingerprint density at radius 1 is 0.875 bits per heavy atom. The predicted octanol–water partition coefficient (Wildman–Crippen LogP) is 3.86. The number of hydrogen-bond donors (Lipinski definition) is 2. The molecule has 0 saturated heterocycles. The zero-order valence-electron chi connectivity index (χ0n) is 11.7. The largest absolute Gasteiger partial charge is 0.481 e. The third-order valence-electron chi connectivity index (χ3n) is 3.64. The summed E-state index contributed by atoms with van der Waals surface area (Å²) >= 11 is 0. The number of halogens is 6. The topological polar surface area (TPSA) is 57.5 Å². The molecule has 9 heteroatoms. The number of aliphatic carboxylic acids is 1. The zero-order valence-corrected chi connectivity index (χ0v) is 11.7. The zero-order chi connectivity index (χ0) is 18.3. The van der Waals surface area contributed by atoms with E-state index in [0.29, 0.717) is 5.39 Å². The fourth-order valence-electron chi connectivity index (χ4n) is 2.44. The normalized spacial score (nSPS) is 14.6. The molecule has 2 rings (SSSR count). The quantitative estimate of drug-likeness (QED) is 0.825. The lowest BCUT2D eigenvalue weighted by atomic mass is 9.80. The molecule has 0 bridgehead atoms. The Kier molecular flexibility index (Phi) is 4.26. The fraction of sp³-hybridized carbons (Fsp3) is 0.267. The van der Waals surface area contributed by atoms with E-state index in [0.717, 1.165) is 12.1 Å². The minimum absolute atomic E-state index is 0.243. The Morgan fingerprint density at radius 2 is 1.38 bits per heavy atom. The first kappa shape index (κ1) is 18.1. The van der Waals surface area contributed by atoms with Gasteiger partial charge in [0.25, 0.3) is 5.60 Å². The summed E-state index contributed by atoms with van der Waals surface area (Å²) in [5.41, 5.74) is -6.23. The van der Waals surface area contributed by atoms with Crippen molar-refractivity contribution in [1.82, 2.24) is 0 Å². The molecule has 0 amide bonds. The maximum absolute atomic E-state index is 13.0. The fourth-order valence-corrected chi connectivity index (χ4v) is 2.44. The van der Waals surface area contributed by atoms with Crippen molar-refractivity contribution in [3.63, 3.8) is 0 Å². The maximum atomic E-state index is 13.0. The number of carboxylic acids is 1. The number of carbonyl (C=O) groups is 1. The lowest BCUT2D eigenvalue weighted by molar-refractivity contribution is -0.373. The van der Waals surface area contributed by atoms with Gasteiger partial charge in [-0.25, -0.2) is 0 Å². The molecule has 2 aromatic carbocycles. The Morgan fingerprint density at radius 3 is 1.83 bits per heavy atom. The molecule has 3 nitrogen and oxygen atoms in total. The van der Waals surface area contributed by atoms with Crippen LogP contribution >= 0.6 is 0 Å². The van der Waals surface area contributed by atoms with Crippen LogP contribution < -0.4 is 0 Å². The van der Waals surface area contributed by atoms with E-state index in [-0.39, 0.29) is 5.39 Å². The summed E-state index contributed by atoms with van der Waals surface area (Å²) in [6, 6.07) is 8.93. The molecule has 0 spiro atoms. The van der Waals surface area contributed by atoms with E-state index >= 15 is 0 Å². The van der Waals surface area contributed by atoms with Crippen LogP contribution in [0.5, 0.6) is 0 Å². The average molecular weight is 352 g/mol. The lowest BCUT2D eigenvalue weighted by Crippen LogP contribution is -2.62. The second-order valence-corrected chi connectivity index (χ2v) is 5.14. The van der Waals surface area contributed by atoms with E-state index in [1.807, 2.05) is 0 Å². The van der Waals surface area contributed by atoms with E-state index in [2.05, 4.69) is 0 Å². The van der Waals surface area contributed by atoms with Gasteiger partial charge in [-0.3, -0.25) is 4.79 Å². The minimum atomic E-state index is -6.24. The molecular formula is C15H10F6O3. The van der Waals surface area contributed by atoms with Crippen molar-refractivity contribution < 1.29 is 41.4 Å². The smallest absolute Gasteiger partial charge is 0.427 e. The van der Waals surface area contributed by atoms with Crippen LogP contribution in [0, 0.1) is 0 Å². The number of fused-ring (bicyclic) bond motifs is 1. The summed E-state index contributed by atoms with van der Waals surface area (Å²) < 4.78 is 77.9. The molecule has 0 saturated carbocycles. The third kappa shape index (κ3) is 2.79. The summed E-state index contributed by atoms with van der Waals surface area (Å²) in [7, 11) is 0. The van der Waals surface area contributed by atoms with Gasteiger partial charge in [-0.15, -0.1) is 0 Å². The summed E-state index contributed by atoms with van der Waals surface area (Å²) in [6.07, 6.45) is -12.5. The third-order valence-corrected chi connectivity index (χ3v) is 3.64. The molecule has 1 atom stereocenters. The highest BCUT2D eigenvalue weighted by Gasteiger charge is 2.75. The number of aliphatic hydroxyl groups is 1. The van der Waals surface area contributed by atoms with Crippen molar-refractivity contribution in [1.29, 1.82) is 0 Å². The van der Waals surface area contributed by atoms with Crippen molar-refractivity contribution in [2.75, 3.05) is 0 Å². The predicted molar refractivity (Wildman–Crippen MR) is 71.4 cm³/mol. The van der Waals surface area contributed by atoms with Gasteiger partial charge in [-0.2, -0.15) is 26.3 Å². The van der Waals surface area contributed by atoms with Gasteiger partial charge in [0.15, 0.2) is 0 Å². The van der Waals surface area contributed by atoms with Crippen molar-refractivity contribution in [3.05, 3.63) is 48.0 Å². The lowest BCUT2D eigenvalue weighted by Gasteiger charge is -2.36. The Labute approximate surface area is 131 Å². The summed E-state index contributed by atoms with van der Waals surface area (Å²) in [6.45, 7) is 0. The van der Waals surface area contributed by atoms with Crippen LogP contribution in [0.1, 0.15) is 11.5 Å². The Hall–Kier alpha value is -2.29. The number of carboxylic acid groups (broad SMARTS) is 1. The summed E-state index contributed by atoms with van der Waals surface area (Å²) in [4.78, 5) is 11.2. The highest BCUT2D eigenvalue weighted by molar-refractivity contribution is 5.86. The number of hydrogen-bond acceptors (Lipinski definition) is 2. The molecule has 0 aliphatic carbocycles.